The zero-order valence-corrected chi connectivity index (χ0v) is 56.2. The molecule has 0 aromatic carbocycles. The third-order valence-electron chi connectivity index (χ3n) is 17.2. The van der Waals surface area contributed by atoms with Gasteiger partial charge in [0.25, 0.3) is 0 Å². The summed E-state index contributed by atoms with van der Waals surface area (Å²) in [7, 11) is 0. The number of hydrogen-bond acceptors (Lipinski definition) is 6. The van der Waals surface area contributed by atoms with Crippen molar-refractivity contribution in [3.8, 4) is 0 Å². The average Bonchev–Trinajstić information content (AvgIpc) is 3.50. The molecule has 0 aromatic heterocycles. The van der Waals surface area contributed by atoms with Gasteiger partial charge in [0.2, 0.25) is 0 Å². The lowest BCUT2D eigenvalue weighted by Gasteiger charge is -2.18. The van der Waals surface area contributed by atoms with E-state index in [-0.39, 0.29) is 31.1 Å². The Bertz CT molecular complexity index is 1380. The number of ether oxygens (including phenoxy) is 3. The van der Waals surface area contributed by atoms with Gasteiger partial charge in [-0.3, -0.25) is 14.4 Å². The van der Waals surface area contributed by atoms with Crippen molar-refractivity contribution < 1.29 is 28.6 Å². The van der Waals surface area contributed by atoms with Crippen molar-refractivity contribution in [1.29, 1.82) is 0 Å². The standard InChI is InChI=1S/C77H144O6/c1-4-7-10-13-16-19-22-25-27-29-31-33-34-35-36-37-38-39-40-41-42-43-44-46-47-49-52-55-58-61-64-67-70-76(79)82-73-74(72-81-75(78)69-66-63-60-57-54-51-24-21-18-15-12-9-6-3)83-77(80)71-68-65-62-59-56-53-50-48-45-32-30-28-26-23-20-17-14-11-8-5-2/h9,12,18,21,51,54,74H,4-8,10-11,13-17,19-20,22-50,52-53,55-73H2,1-3H3/b12-9-,21-18-,54-51-. The summed E-state index contributed by atoms with van der Waals surface area (Å²) >= 11 is 0. The van der Waals surface area contributed by atoms with E-state index >= 15 is 0 Å². The van der Waals surface area contributed by atoms with Crippen LogP contribution in [0.5, 0.6) is 0 Å². The predicted octanol–water partition coefficient (Wildman–Crippen LogP) is 25.9. The Morgan fingerprint density at radius 2 is 0.470 bits per heavy atom. The molecule has 6 nitrogen and oxygen atoms in total. The number of unbranched alkanes of at least 4 members (excludes halogenated alkanes) is 53. The average molecular weight is 1170 g/mol. The van der Waals surface area contributed by atoms with Crippen molar-refractivity contribution in [2.45, 2.75) is 425 Å². The monoisotopic (exact) mass is 1170 g/mol. The van der Waals surface area contributed by atoms with Gasteiger partial charge >= 0.3 is 17.9 Å². The molecular weight excluding hydrogens is 1020 g/mol. The Labute approximate surface area is 518 Å². The molecule has 0 saturated heterocycles. The first-order valence-corrected chi connectivity index (χ1v) is 37.5. The minimum absolute atomic E-state index is 0.0757. The highest BCUT2D eigenvalue weighted by molar-refractivity contribution is 5.71. The smallest absolute Gasteiger partial charge is 0.306 e. The summed E-state index contributed by atoms with van der Waals surface area (Å²) in [5, 5.41) is 0. The maximum atomic E-state index is 12.9. The largest absolute Gasteiger partial charge is 0.462 e. The summed E-state index contributed by atoms with van der Waals surface area (Å²) in [4.78, 5) is 38.4. The molecule has 0 heterocycles. The minimum atomic E-state index is -0.782. The zero-order chi connectivity index (χ0) is 59.9. The van der Waals surface area contributed by atoms with Crippen molar-refractivity contribution >= 4 is 17.9 Å². The van der Waals surface area contributed by atoms with Crippen molar-refractivity contribution in [1.82, 2.24) is 0 Å². The molecule has 0 aliphatic carbocycles. The first kappa shape index (κ1) is 80.6. The topological polar surface area (TPSA) is 78.9 Å². The molecular formula is C77H144O6. The fourth-order valence-corrected chi connectivity index (χ4v) is 11.6. The van der Waals surface area contributed by atoms with Gasteiger partial charge in [0.15, 0.2) is 6.10 Å². The van der Waals surface area contributed by atoms with Gasteiger partial charge in [-0.15, -0.1) is 0 Å². The number of esters is 3. The van der Waals surface area contributed by atoms with Gasteiger partial charge in [-0.1, -0.05) is 385 Å². The van der Waals surface area contributed by atoms with Crippen LogP contribution in [0, 0.1) is 0 Å². The third-order valence-corrected chi connectivity index (χ3v) is 17.2. The van der Waals surface area contributed by atoms with Crippen molar-refractivity contribution in [3.63, 3.8) is 0 Å². The quantitative estimate of drug-likeness (QED) is 0.0261. The molecule has 488 valence electrons. The molecule has 0 aromatic rings. The molecule has 1 atom stereocenters. The van der Waals surface area contributed by atoms with Crippen LogP contribution < -0.4 is 0 Å². The summed E-state index contributed by atoms with van der Waals surface area (Å²) in [6, 6.07) is 0. The fourth-order valence-electron chi connectivity index (χ4n) is 11.6. The van der Waals surface area contributed by atoms with E-state index in [0.717, 1.165) is 83.5 Å². The summed E-state index contributed by atoms with van der Waals surface area (Å²) in [6.45, 7) is 6.59. The van der Waals surface area contributed by atoms with Gasteiger partial charge in [0, 0.05) is 19.3 Å². The van der Waals surface area contributed by atoms with Crippen LogP contribution in [0.3, 0.4) is 0 Å². The molecule has 0 N–H and O–H groups in total. The van der Waals surface area contributed by atoms with E-state index in [1.54, 1.807) is 0 Å². The molecule has 0 rings (SSSR count). The highest BCUT2D eigenvalue weighted by Crippen LogP contribution is 2.20. The minimum Gasteiger partial charge on any atom is -0.462 e. The van der Waals surface area contributed by atoms with Crippen LogP contribution in [-0.2, 0) is 28.6 Å². The summed E-state index contributed by atoms with van der Waals surface area (Å²) in [6.07, 6.45) is 90.7. The molecule has 0 fully saturated rings. The second-order valence-electron chi connectivity index (χ2n) is 25.5. The SMILES string of the molecule is CC/C=C\C/C=C\C/C=C\CCCCCC(=O)OCC(COC(=O)CCCCCCCCCCCCCCCCCCCCCCCCCCCCCCCCCC)OC(=O)CCCCCCCCCCCCCCCCCCCCCC. The molecule has 0 radical (unpaired) electrons. The highest BCUT2D eigenvalue weighted by Gasteiger charge is 2.20. The van der Waals surface area contributed by atoms with Gasteiger partial charge in [0.05, 0.1) is 0 Å². The number of hydrogen-bond donors (Lipinski definition) is 0. The number of carbonyl (C=O) groups excluding carboxylic acids is 3. The summed E-state index contributed by atoms with van der Waals surface area (Å²) in [5.74, 6) is -0.875. The molecule has 6 heteroatoms. The van der Waals surface area contributed by atoms with Crippen molar-refractivity contribution in [2.75, 3.05) is 13.2 Å². The van der Waals surface area contributed by atoms with Crippen LogP contribution in [0.15, 0.2) is 36.5 Å². The van der Waals surface area contributed by atoms with Gasteiger partial charge in [0.1, 0.15) is 13.2 Å². The lowest BCUT2D eigenvalue weighted by atomic mass is 10.0. The Morgan fingerprint density at radius 1 is 0.253 bits per heavy atom. The number of allylic oxidation sites excluding steroid dienone is 6. The third kappa shape index (κ3) is 70.3. The predicted molar refractivity (Wildman–Crippen MR) is 362 cm³/mol. The lowest BCUT2D eigenvalue weighted by molar-refractivity contribution is -0.167. The van der Waals surface area contributed by atoms with Crippen LogP contribution in [0.1, 0.15) is 419 Å². The van der Waals surface area contributed by atoms with Crippen LogP contribution in [0.4, 0.5) is 0 Å². The van der Waals surface area contributed by atoms with E-state index < -0.39 is 6.10 Å². The Hall–Kier alpha value is -2.37. The van der Waals surface area contributed by atoms with Gasteiger partial charge in [-0.25, -0.2) is 0 Å². The molecule has 0 aliphatic heterocycles. The van der Waals surface area contributed by atoms with Crippen molar-refractivity contribution in [2.24, 2.45) is 0 Å². The van der Waals surface area contributed by atoms with Crippen LogP contribution in [-0.4, -0.2) is 37.2 Å². The number of carbonyl (C=O) groups is 3. The Morgan fingerprint density at radius 3 is 0.735 bits per heavy atom. The van der Waals surface area contributed by atoms with E-state index in [1.807, 2.05) is 0 Å². The second-order valence-corrected chi connectivity index (χ2v) is 25.5. The Balaban J connectivity index is 4.12. The van der Waals surface area contributed by atoms with Crippen LogP contribution >= 0.6 is 0 Å². The Kier molecular flexibility index (Phi) is 70.0. The first-order chi connectivity index (χ1) is 41.0. The summed E-state index contributed by atoms with van der Waals surface area (Å²) in [5.41, 5.74) is 0. The number of rotatable bonds is 70. The molecule has 0 amide bonds. The molecule has 83 heavy (non-hydrogen) atoms. The van der Waals surface area contributed by atoms with E-state index in [4.69, 9.17) is 14.2 Å². The van der Waals surface area contributed by atoms with E-state index in [1.165, 1.54) is 295 Å². The van der Waals surface area contributed by atoms with E-state index in [2.05, 4.69) is 57.2 Å². The molecule has 0 aliphatic rings. The van der Waals surface area contributed by atoms with Gasteiger partial charge < -0.3 is 14.2 Å². The normalized spacial score (nSPS) is 12.2. The first-order valence-electron chi connectivity index (χ1n) is 37.5. The van der Waals surface area contributed by atoms with E-state index in [0.29, 0.717) is 19.3 Å². The van der Waals surface area contributed by atoms with Gasteiger partial charge in [-0.2, -0.15) is 0 Å². The molecule has 0 spiro atoms. The van der Waals surface area contributed by atoms with Gasteiger partial charge in [-0.05, 0) is 51.4 Å². The molecule has 1 unspecified atom stereocenters. The van der Waals surface area contributed by atoms with Crippen LogP contribution in [0.25, 0.3) is 0 Å². The summed E-state index contributed by atoms with van der Waals surface area (Å²) < 4.78 is 17.0. The maximum Gasteiger partial charge on any atom is 0.306 e. The fraction of sp³-hybridized carbons (Fsp3) is 0.883. The van der Waals surface area contributed by atoms with Crippen molar-refractivity contribution in [3.05, 3.63) is 36.5 Å². The molecule has 0 saturated carbocycles. The maximum absolute atomic E-state index is 12.9. The highest BCUT2D eigenvalue weighted by atomic mass is 16.6. The van der Waals surface area contributed by atoms with E-state index in [9.17, 15) is 14.4 Å². The van der Waals surface area contributed by atoms with Crippen LogP contribution in [0.2, 0.25) is 0 Å². The second kappa shape index (κ2) is 72.1. The molecule has 0 bridgehead atoms. The lowest BCUT2D eigenvalue weighted by Crippen LogP contribution is -2.30. The zero-order valence-electron chi connectivity index (χ0n) is 56.2.